The van der Waals surface area contributed by atoms with E-state index in [1.54, 1.807) is 13.2 Å². The molecule has 1 aliphatic heterocycles. The molecule has 160 valence electrons. The Labute approximate surface area is 174 Å². The number of fused-ring (bicyclic) bond motifs is 2. The smallest absolute Gasteiger partial charge is 0.240 e. The Bertz CT molecular complexity index is 870. The summed E-state index contributed by atoms with van der Waals surface area (Å²) in [5.41, 5.74) is 2.29. The lowest BCUT2D eigenvalue weighted by Gasteiger charge is -2.46. The van der Waals surface area contributed by atoms with E-state index in [0.29, 0.717) is 31.0 Å². The molecule has 1 heterocycles. The maximum absolute atomic E-state index is 13.1. The standard InChI is InChI=1S/C22H32N2O4S/c1-28-14-13-24-20-7-4-11-22(20,12-10-21(24)25)16-23-29(26,27)19-9-8-17-5-2-3-6-18(17)15-19/h8-9,15,20,23H,2-7,10-14,16H2,1H3/t20-,22+/m1/s1. The van der Waals surface area contributed by atoms with E-state index in [4.69, 9.17) is 4.74 Å². The van der Waals surface area contributed by atoms with Crippen LogP contribution in [0.1, 0.15) is 56.1 Å². The molecule has 2 fully saturated rings. The van der Waals surface area contributed by atoms with Crippen LogP contribution < -0.4 is 4.72 Å². The second-order valence-electron chi connectivity index (χ2n) is 8.81. The number of carbonyl (C=O) groups is 1. The molecule has 1 N–H and O–H groups in total. The van der Waals surface area contributed by atoms with Crippen molar-refractivity contribution < 1.29 is 17.9 Å². The molecule has 0 unspecified atom stereocenters. The molecular formula is C22H32N2O4S. The third-order valence-electron chi connectivity index (χ3n) is 7.17. The molecule has 1 saturated heterocycles. The summed E-state index contributed by atoms with van der Waals surface area (Å²) in [5, 5.41) is 0. The first kappa shape index (κ1) is 20.8. The van der Waals surface area contributed by atoms with Gasteiger partial charge in [0, 0.05) is 38.1 Å². The van der Waals surface area contributed by atoms with Crippen LogP contribution in [0.2, 0.25) is 0 Å². The summed E-state index contributed by atoms with van der Waals surface area (Å²) in [6.45, 7) is 1.49. The van der Waals surface area contributed by atoms with Gasteiger partial charge in [-0.1, -0.05) is 12.5 Å². The molecule has 1 amide bonds. The van der Waals surface area contributed by atoms with Crippen molar-refractivity contribution in [2.75, 3.05) is 26.8 Å². The van der Waals surface area contributed by atoms with E-state index in [2.05, 4.69) is 4.72 Å². The maximum atomic E-state index is 13.1. The fraction of sp³-hybridized carbons (Fsp3) is 0.682. The van der Waals surface area contributed by atoms with Crippen molar-refractivity contribution in [1.29, 1.82) is 0 Å². The Balaban J connectivity index is 1.50. The number of amides is 1. The summed E-state index contributed by atoms with van der Waals surface area (Å²) in [4.78, 5) is 14.8. The van der Waals surface area contributed by atoms with Crippen molar-refractivity contribution in [2.24, 2.45) is 5.41 Å². The zero-order valence-corrected chi connectivity index (χ0v) is 18.1. The molecule has 4 rings (SSSR count). The highest BCUT2D eigenvalue weighted by Gasteiger charge is 2.50. The van der Waals surface area contributed by atoms with Crippen molar-refractivity contribution in [3.05, 3.63) is 29.3 Å². The number of piperidine rings is 1. The van der Waals surface area contributed by atoms with Gasteiger partial charge in [-0.2, -0.15) is 0 Å². The van der Waals surface area contributed by atoms with Gasteiger partial charge >= 0.3 is 0 Å². The van der Waals surface area contributed by atoms with E-state index in [-0.39, 0.29) is 17.4 Å². The Morgan fingerprint density at radius 3 is 2.72 bits per heavy atom. The second kappa shape index (κ2) is 8.36. The number of hydrogen-bond acceptors (Lipinski definition) is 4. The Hall–Kier alpha value is -1.44. The lowest BCUT2D eigenvalue weighted by molar-refractivity contribution is -0.142. The second-order valence-corrected chi connectivity index (χ2v) is 10.6. The average Bonchev–Trinajstić information content (AvgIpc) is 3.16. The third-order valence-corrected chi connectivity index (χ3v) is 8.57. The topological polar surface area (TPSA) is 75.7 Å². The minimum Gasteiger partial charge on any atom is -0.383 e. The van der Waals surface area contributed by atoms with E-state index >= 15 is 0 Å². The maximum Gasteiger partial charge on any atom is 0.240 e. The summed E-state index contributed by atoms with van der Waals surface area (Å²) >= 11 is 0. The van der Waals surface area contributed by atoms with Gasteiger partial charge in [-0.25, -0.2) is 13.1 Å². The van der Waals surface area contributed by atoms with Gasteiger partial charge in [0.2, 0.25) is 15.9 Å². The summed E-state index contributed by atoms with van der Waals surface area (Å²) < 4.78 is 34.2. The number of aryl methyl sites for hydroxylation is 2. The van der Waals surface area contributed by atoms with Crippen LogP contribution >= 0.6 is 0 Å². The molecule has 6 nitrogen and oxygen atoms in total. The zero-order chi connectivity index (χ0) is 20.5. The Kier molecular flexibility index (Phi) is 6.00. The number of likely N-dealkylation sites (tertiary alicyclic amines) is 1. The molecule has 2 aliphatic carbocycles. The monoisotopic (exact) mass is 420 g/mol. The normalized spacial score (nSPS) is 27.0. The van der Waals surface area contributed by atoms with E-state index in [1.807, 2.05) is 17.0 Å². The van der Waals surface area contributed by atoms with E-state index < -0.39 is 10.0 Å². The average molecular weight is 421 g/mol. The zero-order valence-electron chi connectivity index (χ0n) is 17.3. The molecule has 0 bridgehead atoms. The van der Waals surface area contributed by atoms with E-state index in [1.165, 1.54) is 17.5 Å². The lowest BCUT2D eigenvalue weighted by atomic mass is 9.74. The molecule has 7 heteroatoms. The van der Waals surface area contributed by atoms with Gasteiger partial charge in [-0.3, -0.25) is 4.79 Å². The van der Waals surface area contributed by atoms with Crippen molar-refractivity contribution in [2.45, 2.75) is 68.7 Å². The minimum absolute atomic E-state index is 0.102. The molecule has 0 aromatic heterocycles. The van der Waals surface area contributed by atoms with Gasteiger partial charge < -0.3 is 9.64 Å². The highest BCUT2D eigenvalue weighted by atomic mass is 32.2. The van der Waals surface area contributed by atoms with Gasteiger partial charge in [-0.15, -0.1) is 0 Å². The molecule has 1 aromatic carbocycles. The number of methoxy groups -OCH3 is 1. The predicted octanol–water partition coefficient (Wildman–Crippen LogP) is 2.65. The summed E-state index contributed by atoms with van der Waals surface area (Å²) in [6, 6.07) is 5.68. The SMILES string of the molecule is COCCN1C(=O)CC[C@]2(CNS(=O)(=O)c3ccc4c(c3)CCCC4)CCC[C@@H]12. The quantitative estimate of drug-likeness (QED) is 0.736. The first-order valence-electron chi connectivity index (χ1n) is 10.9. The first-order valence-corrected chi connectivity index (χ1v) is 12.3. The van der Waals surface area contributed by atoms with Gasteiger partial charge in [0.15, 0.2) is 0 Å². The van der Waals surface area contributed by atoms with Crippen molar-refractivity contribution in [1.82, 2.24) is 9.62 Å². The summed E-state index contributed by atoms with van der Waals surface area (Å²) in [5.74, 6) is 0.169. The van der Waals surface area contributed by atoms with Gasteiger partial charge in [0.1, 0.15) is 0 Å². The van der Waals surface area contributed by atoms with Crippen LogP contribution in [0, 0.1) is 5.41 Å². The number of ether oxygens (including phenoxy) is 1. The number of carbonyl (C=O) groups excluding carboxylic acids is 1. The number of sulfonamides is 1. The van der Waals surface area contributed by atoms with Crippen LogP contribution in [0.3, 0.4) is 0 Å². The number of hydrogen-bond donors (Lipinski definition) is 1. The molecule has 3 aliphatic rings. The number of rotatable bonds is 7. The molecule has 2 atom stereocenters. The van der Waals surface area contributed by atoms with Crippen LogP contribution in [0.4, 0.5) is 0 Å². The van der Waals surface area contributed by atoms with Crippen molar-refractivity contribution >= 4 is 15.9 Å². The molecule has 29 heavy (non-hydrogen) atoms. The summed E-state index contributed by atoms with van der Waals surface area (Å²) in [7, 11) is -1.92. The highest BCUT2D eigenvalue weighted by Crippen LogP contribution is 2.47. The third kappa shape index (κ3) is 4.09. The molecule has 0 radical (unpaired) electrons. The van der Waals surface area contributed by atoms with Crippen LogP contribution in [0.5, 0.6) is 0 Å². The Morgan fingerprint density at radius 1 is 1.14 bits per heavy atom. The predicted molar refractivity (Wildman–Crippen MR) is 111 cm³/mol. The van der Waals surface area contributed by atoms with Gasteiger partial charge in [0.05, 0.1) is 11.5 Å². The number of nitrogens with one attached hydrogen (secondary N) is 1. The van der Waals surface area contributed by atoms with Gasteiger partial charge in [0.25, 0.3) is 0 Å². The van der Waals surface area contributed by atoms with E-state index in [9.17, 15) is 13.2 Å². The fourth-order valence-electron chi connectivity index (χ4n) is 5.54. The van der Waals surface area contributed by atoms with Crippen LogP contribution in [-0.2, 0) is 32.4 Å². The molecule has 1 saturated carbocycles. The van der Waals surface area contributed by atoms with Crippen molar-refractivity contribution in [3.8, 4) is 0 Å². The largest absolute Gasteiger partial charge is 0.383 e. The van der Waals surface area contributed by atoms with Crippen LogP contribution in [-0.4, -0.2) is 52.1 Å². The number of benzene rings is 1. The lowest BCUT2D eigenvalue weighted by Crippen LogP contribution is -2.56. The molecule has 0 spiro atoms. The van der Waals surface area contributed by atoms with E-state index in [0.717, 1.165) is 44.9 Å². The fourth-order valence-corrected chi connectivity index (χ4v) is 6.72. The van der Waals surface area contributed by atoms with Crippen LogP contribution in [0.15, 0.2) is 23.1 Å². The van der Waals surface area contributed by atoms with Crippen molar-refractivity contribution in [3.63, 3.8) is 0 Å². The molecular weight excluding hydrogens is 388 g/mol. The van der Waals surface area contributed by atoms with Gasteiger partial charge in [-0.05, 0) is 68.2 Å². The molecule has 1 aromatic rings. The van der Waals surface area contributed by atoms with Crippen LogP contribution in [0.25, 0.3) is 0 Å². The minimum atomic E-state index is -3.56. The highest BCUT2D eigenvalue weighted by molar-refractivity contribution is 7.89. The number of nitrogens with zero attached hydrogens (tertiary/aromatic N) is 1. The summed E-state index contributed by atoms with van der Waals surface area (Å²) in [6.07, 6.45) is 8.48. The first-order chi connectivity index (χ1) is 14.0. The Morgan fingerprint density at radius 2 is 1.93 bits per heavy atom.